The van der Waals surface area contributed by atoms with E-state index >= 15 is 0 Å². The fourth-order valence-electron chi connectivity index (χ4n) is 3.55. The summed E-state index contributed by atoms with van der Waals surface area (Å²) in [5, 5.41) is 18.7. The smallest absolute Gasteiger partial charge is 0.485 e. The molecule has 1 aromatic carbocycles. The van der Waals surface area contributed by atoms with Gasteiger partial charge in [0.1, 0.15) is 30.0 Å². The Kier molecular flexibility index (Phi) is 10.8. The number of aliphatic carboxylic acids is 2. The quantitative estimate of drug-likeness (QED) is 0.277. The number of rotatable bonds is 9. The van der Waals surface area contributed by atoms with Crippen molar-refractivity contribution in [1.82, 2.24) is 14.7 Å². The number of carbonyl (C=O) groups is 3. The molecule has 3 rings (SSSR count). The van der Waals surface area contributed by atoms with Crippen LogP contribution >= 0.6 is 0 Å². The molecule has 2 heterocycles. The molecule has 42 heavy (non-hydrogen) atoms. The van der Waals surface area contributed by atoms with Crippen LogP contribution in [-0.4, -0.2) is 55.8 Å². The number of alkyl halides is 6. The molecular formula is C25H23F8N3O6. The maximum absolute atomic E-state index is 14.0. The molecule has 3 N–H and O–H groups in total. The van der Waals surface area contributed by atoms with Crippen LogP contribution < -0.4 is 10.1 Å². The number of carbonyl (C=O) groups excluding carboxylic acids is 1. The summed E-state index contributed by atoms with van der Waals surface area (Å²) in [5.41, 5.74) is 0.575. The van der Waals surface area contributed by atoms with Crippen LogP contribution in [0.3, 0.4) is 0 Å². The molecule has 0 fully saturated rings. The zero-order valence-electron chi connectivity index (χ0n) is 21.7. The largest absolute Gasteiger partial charge is 0.490 e. The summed E-state index contributed by atoms with van der Waals surface area (Å²) in [6, 6.07) is 3.40. The van der Waals surface area contributed by atoms with Crippen molar-refractivity contribution in [2.75, 3.05) is 0 Å². The van der Waals surface area contributed by atoms with Crippen LogP contribution in [0.1, 0.15) is 46.6 Å². The highest BCUT2D eigenvalue weighted by Gasteiger charge is 2.38. The van der Waals surface area contributed by atoms with Gasteiger partial charge in [-0.3, -0.25) is 9.20 Å². The lowest BCUT2D eigenvalue weighted by Crippen LogP contribution is -2.41. The van der Waals surface area contributed by atoms with E-state index < -0.39 is 73.7 Å². The summed E-state index contributed by atoms with van der Waals surface area (Å²) in [6.45, 7) is 2.70. The Bertz CT molecular complexity index is 1430. The summed E-state index contributed by atoms with van der Waals surface area (Å²) in [5.74, 6) is -6.55. The molecule has 0 saturated heterocycles. The van der Waals surface area contributed by atoms with Gasteiger partial charge in [0.25, 0.3) is 5.91 Å². The third-order valence-corrected chi connectivity index (χ3v) is 5.45. The first kappa shape index (κ1) is 33.8. The predicted octanol–water partition coefficient (Wildman–Crippen LogP) is 5.36. The van der Waals surface area contributed by atoms with E-state index in [1.54, 1.807) is 13.0 Å². The van der Waals surface area contributed by atoms with Gasteiger partial charge in [-0.15, -0.1) is 0 Å². The highest BCUT2D eigenvalue weighted by molar-refractivity contribution is 5.97. The number of hydrogen-bond acceptors (Lipinski definition) is 5. The lowest BCUT2D eigenvalue weighted by molar-refractivity contribution is -0.192. The first-order chi connectivity index (χ1) is 19.3. The third-order valence-electron chi connectivity index (χ3n) is 5.45. The molecule has 0 bridgehead atoms. The topological polar surface area (TPSA) is 130 Å². The molecule has 0 spiro atoms. The van der Waals surface area contributed by atoms with Crippen molar-refractivity contribution >= 4 is 23.5 Å². The number of carboxylic acids is 2. The monoisotopic (exact) mass is 613 g/mol. The molecule has 0 radical (unpaired) electrons. The maximum atomic E-state index is 14.0. The second-order valence-electron chi connectivity index (χ2n) is 8.78. The van der Waals surface area contributed by atoms with Gasteiger partial charge in [-0.1, -0.05) is 6.07 Å². The average Bonchev–Trinajstić information content (AvgIpc) is 3.17. The molecule has 0 aliphatic carbocycles. The fraction of sp³-hybridized carbons (Fsp3) is 0.360. The van der Waals surface area contributed by atoms with Gasteiger partial charge < -0.3 is 20.3 Å². The Morgan fingerprint density at radius 3 is 2.12 bits per heavy atom. The number of hydrogen-bond donors (Lipinski definition) is 3. The number of fused-ring (bicyclic) bond motifs is 1. The van der Waals surface area contributed by atoms with Crippen molar-refractivity contribution < 1.29 is 64.5 Å². The van der Waals surface area contributed by atoms with E-state index in [2.05, 4.69) is 10.3 Å². The Morgan fingerprint density at radius 2 is 1.62 bits per heavy atom. The first-order valence-corrected chi connectivity index (χ1v) is 11.8. The van der Waals surface area contributed by atoms with Gasteiger partial charge in [0.2, 0.25) is 0 Å². The van der Waals surface area contributed by atoms with Gasteiger partial charge in [0.05, 0.1) is 11.3 Å². The van der Waals surface area contributed by atoms with Gasteiger partial charge in [0.15, 0.2) is 11.4 Å². The Morgan fingerprint density at radius 1 is 1.05 bits per heavy atom. The van der Waals surface area contributed by atoms with Crippen LogP contribution in [0.25, 0.3) is 5.65 Å². The second kappa shape index (κ2) is 13.5. The summed E-state index contributed by atoms with van der Waals surface area (Å²) in [6.07, 6.45) is -10.1. The number of nitrogens with one attached hydrogen (secondary N) is 1. The molecule has 0 aliphatic rings. The third kappa shape index (κ3) is 9.31. The van der Waals surface area contributed by atoms with E-state index in [0.29, 0.717) is 5.56 Å². The van der Waals surface area contributed by atoms with E-state index in [0.717, 1.165) is 12.1 Å². The maximum Gasteiger partial charge on any atom is 0.490 e. The van der Waals surface area contributed by atoms with E-state index in [4.69, 9.17) is 14.6 Å². The first-order valence-electron chi connectivity index (χ1n) is 11.8. The Balaban J connectivity index is 0.000000782. The predicted molar refractivity (Wildman–Crippen MR) is 128 cm³/mol. The van der Waals surface area contributed by atoms with Gasteiger partial charge in [0, 0.05) is 12.6 Å². The Hall–Kier alpha value is -4.44. The second-order valence-corrected chi connectivity index (χ2v) is 8.78. The molecule has 0 unspecified atom stereocenters. The molecule has 3 aromatic rings. The van der Waals surface area contributed by atoms with E-state index in [1.807, 2.05) is 0 Å². The molecule has 0 saturated carbocycles. The lowest BCUT2D eigenvalue weighted by Gasteiger charge is -2.15. The number of aromatic nitrogens is 2. The number of aryl methyl sites for hydroxylation is 2. The minimum Gasteiger partial charge on any atom is -0.485 e. The molecular weight excluding hydrogens is 590 g/mol. The number of carboxylic acid groups (broad SMARTS) is 2. The van der Waals surface area contributed by atoms with E-state index in [9.17, 15) is 49.8 Å². The summed E-state index contributed by atoms with van der Waals surface area (Å²) >= 11 is 0. The van der Waals surface area contributed by atoms with Crippen molar-refractivity contribution in [3.8, 4) is 5.75 Å². The van der Waals surface area contributed by atoms with Gasteiger partial charge >= 0.3 is 24.3 Å². The number of benzene rings is 1. The standard InChI is InChI=1S/C23H22F5N3O4.C2HF3O2/c1-12-9-18(35-11-14-15(24)5-3-6-16(14)25)20-29-13(2)19(31(20)10-12)21(32)30-17(22(33)34)7-4-8-23(26,27)28;3-2(4,5)1(6)7/h3,5-6,9-10,17H,4,7-8,11H2,1-2H3,(H,30,32)(H,33,34);(H,6,7)/t17-;/m0./s1. The van der Waals surface area contributed by atoms with Crippen molar-refractivity contribution in [1.29, 1.82) is 0 Å². The molecule has 9 nitrogen and oxygen atoms in total. The number of halogens is 8. The van der Waals surface area contributed by atoms with Gasteiger partial charge in [-0.25, -0.2) is 23.4 Å². The van der Waals surface area contributed by atoms with Gasteiger partial charge in [-0.05, 0) is 50.5 Å². The number of pyridine rings is 1. The van der Waals surface area contributed by atoms with Gasteiger partial charge in [-0.2, -0.15) is 26.3 Å². The van der Waals surface area contributed by atoms with Crippen LogP contribution in [-0.2, 0) is 16.2 Å². The van der Waals surface area contributed by atoms with E-state index in [1.165, 1.54) is 23.6 Å². The average molecular weight is 613 g/mol. The highest BCUT2D eigenvalue weighted by atomic mass is 19.4. The molecule has 2 aromatic heterocycles. The summed E-state index contributed by atoms with van der Waals surface area (Å²) in [4.78, 5) is 37.6. The van der Waals surface area contributed by atoms with Crippen molar-refractivity contribution in [2.24, 2.45) is 0 Å². The molecule has 230 valence electrons. The summed E-state index contributed by atoms with van der Waals surface area (Å²) < 4.78 is 104. The molecule has 17 heteroatoms. The Labute approximate surface area is 231 Å². The van der Waals surface area contributed by atoms with Crippen molar-refractivity contribution in [2.45, 2.75) is 58.1 Å². The molecule has 0 aliphatic heterocycles. The molecule has 1 amide bonds. The zero-order chi connectivity index (χ0) is 32.0. The summed E-state index contributed by atoms with van der Waals surface area (Å²) in [7, 11) is 0. The molecule has 1 atom stereocenters. The van der Waals surface area contributed by atoms with Crippen LogP contribution in [0, 0.1) is 25.5 Å². The number of imidazole rings is 1. The number of nitrogens with zero attached hydrogens (tertiary/aromatic N) is 2. The SMILES string of the molecule is Cc1cc(OCc2c(F)cccc2F)c2nc(C)c(C(=O)N[C@@H](CCCC(F)(F)F)C(=O)O)n2c1.O=C(O)C(F)(F)F. The lowest BCUT2D eigenvalue weighted by atomic mass is 10.1. The normalized spacial score (nSPS) is 12.3. The number of amides is 1. The van der Waals surface area contributed by atoms with Crippen LogP contribution in [0.15, 0.2) is 30.5 Å². The van der Waals surface area contributed by atoms with Crippen LogP contribution in [0.4, 0.5) is 35.1 Å². The minimum absolute atomic E-state index is 0.0484. The van der Waals surface area contributed by atoms with Crippen LogP contribution in [0.2, 0.25) is 0 Å². The van der Waals surface area contributed by atoms with Crippen molar-refractivity contribution in [3.05, 3.63) is 64.6 Å². The minimum atomic E-state index is -5.08. The van der Waals surface area contributed by atoms with Crippen molar-refractivity contribution in [3.63, 3.8) is 0 Å². The fourth-order valence-corrected chi connectivity index (χ4v) is 3.55. The van der Waals surface area contributed by atoms with Crippen LogP contribution in [0.5, 0.6) is 5.75 Å². The number of ether oxygens (including phenoxy) is 1. The zero-order valence-corrected chi connectivity index (χ0v) is 21.7. The highest BCUT2D eigenvalue weighted by Crippen LogP contribution is 2.27. The van der Waals surface area contributed by atoms with E-state index in [-0.39, 0.29) is 28.3 Å².